The number of aromatic nitrogens is 4. The number of hydrogen-bond acceptors (Lipinski definition) is 6. The van der Waals surface area contributed by atoms with Gasteiger partial charge in [0.15, 0.2) is 0 Å². The van der Waals surface area contributed by atoms with Crippen molar-refractivity contribution in [1.29, 1.82) is 0 Å². The Hall–Kier alpha value is -2.60. The van der Waals surface area contributed by atoms with Gasteiger partial charge in [-0.05, 0) is 23.8 Å². The van der Waals surface area contributed by atoms with E-state index in [4.69, 9.17) is 10.3 Å². The van der Waals surface area contributed by atoms with E-state index in [0.29, 0.717) is 24.0 Å². The van der Waals surface area contributed by atoms with Crippen LogP contribution in [0.2, 0.25) is 0 Å². The van der Waals surface area contributed by atoms with Crippen molar-refractivity contribution in [2.75, 3.05) is 0 Å². The number of pyridine rings is 2. The Bertz CT molecular complexity index is 663. The summed E-state index contributed by atoms with van der Waals surface area (Å²) in [5, 5.41) is 3.91. The molecule has 19 heavy (non-hydrogen) atoms. The summed E-state index contributed by atoms with van der Waals surface area (Å²) in [6.45, 7) is 0.456. The van der Waals surface area contributed by atoms with Gasteiger partial charge in [-0.1, -0.05) is 11.2 Å². The molecule has 6 nitrogen and oxygen atoms in total. The molecule has 3 aromatic rings. The molecule has 0 amide bonds. The van der Waals surface area contributed by atoms with Crippen LogP contribution in [0.5, 0.6) is 0 Å². The normalized spacial score (nSPS) is 10.6. The van der Waals surface area contributed by atoms with E-state index in [9.17, 15) is 0 Å². The molecule has 0 unspecified atom stereocenters. The Morgan fingerprint density at radius 1 is 1.16 bits per heavy atom. The number of hydrogen-bond donors (Lipinski definition) is 1. The Balaban J connectivity index is 1.92. The molecule has 0 aliphatic heterocycles. The monoisotopic (exact) mass is 253 g/mol. The molecule has 0 aromatic carbocycles. The molecule has 0 aliphatic carbocycles. The number of rotatable bonds is 3. The summed E-state index contributed by atoms with van der Waals surface area (Å²) in [7, 11) is 0. The Kier molecular flexibility index (Phi) is 2.99. The first-order chi connectivity index (χ1) is 9.36. The van der Waals surface area contributed by atoms with Crippen LogP contribution in [0, 0.1) is 0 Å². The van der Waals surface area contributed by atoms with Crippen LogP contribution in [0.4, 0.5) is 0 Å². The SMILES string of the molecule is NCc1ccc(-c2nc(-c3cccnc3)no2)nc1. The van der Waals surface area contributed by atoms with Crippen LogP contribution in [0.25, 0.3) is 23.0 Å². The van der Waals surface area contributed by atoms with Gasteiger partial charge in [-0.3, -0.25) is 9.97 Å². The smallest absolute Gasteiger partial charge is 0.276 e. The molecule has 3 heterocycles. The lowest BCUT2D eigenvalue weighted by Crippen LogP contribution is -1.96. The van der Waals surface area contributed by atoms with Crippen molar-refractivity contribution in [3.63, 3.8) is 0 Å². The van der Waals surface area contributed by atoms with E-state index in [0.717, 1.165) is 11.1 Å². The lowest BCUT2D eigenvalue weighted by Gasteiger charge is -1.96. The highest BCUT2D eigenvalue weighted by molar-refractivity contribution is 5.56. The van der Waals surface area contributed by atoms with Gasteiger partial charge in [0.2, 0.25) is 5.82 Å². The van der Waals surface area contributed by atoms with Crippen LogP contribution >= 0.6 is 0 Å². The summed E-state index contributed by atoms with van der Waals surface area (Å²) >= 11 is 0. The summed E-state index contributed by atoms with van der Waals surface area (Å²) in [6, 6.07) is 7.38. The molecule has 94 valence electrons. The van der Waals surface area contributed by atoms with Crippen LogP contribution in [-0.2, 0) is 6.54 Å². The quantitative estimate of drug-likeness (QED) is 0.763. The first kappa shape index (κ1) is 11.5. The molecule has 0 atom stereocenters. The van der Waals surface area contributed by atoms with Crippen molar-refractivity contribution in [2.24, 2.45) is 5.73 Å². The van der Waals surface area contributed by atoms with Crippen molar-refractivity contribution in [2.45, 2.75) is 6.54 Å². The fourth-order valence-electron chi connectivity index (χ4n) is 1.61. The maximum atomic E-state index is 5.52. The summed E-state index contributed by atoms with van der Waals surface area (Å²) < 4.78 is 5.20. The van der Waals surface area contributed by atoms with Gasteiger partial charge in [-0.2, -0.15) is 4.98 Å². The van der Waals surface area contributed by atoms with Crippen LogP contribution in [0.3, 0.4) is 0 Å². The average molecular weight is 253 g/mol. The van der Waals surface area contributed by atoms with Gasteiger partial charge in [0, 0.05) is 30.7 Å². The molecule has 0 saturated carbocycles. The lowest BCUT2D eigenvalue weighted by atomic mass is 10.2. The average Bonchev–Trinajstić information content (AvgIpc) is 2.98. The topological polar surface area (TPSA) is 90.7 Å². The highest BCUT2D eigenvalue weighted by atomic mass is 16.5. The molecule has 0 bridgehead atoms. The predicted octanol–water partition coefficient (Wildman–Crippen LogP) is 1.65. The Morgan fingerprint density at radius 3 is 2.79 bits per heavy atom. The van der Waals surface area contributed by atoms with Gasteiger partial charge in [0.25, 0.3) is 5.89 Å². The van der Waals surface area contributed by atoms with Crippen LogP contribution in [0.15, 0.2) is 47.4 Å². The maximum absolute atomic E-state index is 5.52. The summed E-state index contributed by atoms with van der Waals surface area (Å²) in [4.78, 5) is 12.5. The maximum Gasteiger partial charge on any atom is 0.276 e. The third kappa shape index (κ3) is 2.34. The second-order valence-corrected chi connectivity index (χ2v) is 3.92. The van der Waals surface area contributed by atoms with Gasteiger partial charge in [-0.25, -0.2) is 0 Å². The van der Waals surface area contributed by atoms with Gasteiger partial charge in [0.05, 0.1) is 0 Å². The molecule has 0 saturated heterocycles. The summed E-state index contributed by atoms with van der Waals surface area (Å²) in [5.41, 5.74) is 7.90. The van der Waals surface area contributed by atoms with Crippen molar-refractivity contribution < 1.29 is 4.52 Å². The van der Waals surface area contributed by atoms with Crippen LogP contribution < -0.4 is 5.73 Å². The highest BCUT2D eigenvalue weighted by Gasteiger charge is 2.11. The minimum Gasteiger partial charge on any atom is -0.332 e. The van der Waals surface area contributed by atoms with Gasteiger partial charge >= 0.3 is 0 Å². The Morgan fingerprint density at radius 2 is 2.11 bits per heavy atom. The fourth-order valence-corrected chi connectivity index (χ4v) is 1.61. The second-order valence-electron chi connectivity index (χ2n) is 3.92. The van der Waals surface area contributed by atoms with Crippen molar-refractivity contribution in [3.8, 4) is 23.0 Å². The standard InChI is InChI=1S/C13H11N5O/c14-6-9-3-4-11(16-7-9)13-17-12(18-19-13)10-2-1-5-15-8-10/h1-5,7-8H,6,14H2. The van der Waals surface area contributed by atoms with Crippen molar-refractivity contribution in [3.05, 3.63) is 48.4 Å². The van der Waals surface area contributed by atoms with E-state index in [1.54, 1.807) is 18.6 Å². The molecular formula is C13H11N5O. The zero-order valence-electron chi connectivity index (χ0n) is 10.0. The third-order valence-corrected chi connectivity index (χ3v) is 2.63. The molecule has 6 heteroatoms. The van der Waals surface area contributed by atoms with E-state index < -0.39 is 0 Å². The Labute approximate surface area is 109 Å². The molecule has 2 N–H and O–H groups in total. The van der Waals surface area contributed by atoms with E-state index >= 15 is 0 Å². The van der Waals surface area contributed by atoms with Crippen LogP contribution in [0.1, 0.15) is 5.56 Å². The third-order valence-electron chi connectivity index (χ3n) is 2.63. The van der Waals surface area contributed by atoms with Gasteiger partial charge in [0.1, 0.15) is 5.69 Å². The van der Waals surface area contributed by atoms with Crippen molar-refractivity contribution >= 4 is 0 Å². The zero-order chi connectivity index (χ0) is 13.1. The molecule has 3 rings (SSSR count). The minimum absolute atomic E-state index is 0.377. The lowest BCUT2D eigenvalue weighted by molar-refractivity contribution is 0.431. The van der Waals surface area contributed by atoms with E-state index in [1.165, 1.54) is 0 Å². The first-order valence-electron chi connectivity index (χ1n) is 5.76. The predicted molar refractivity (Wildman–Crippen MR) is 68.7 cm³/mol. The van der Waals surface area contributed by atoms with Gasteiger partial charge in [-0.15, -0.1) is 0 Å². The van der Waals surface area contributed by atoms with E-state index in [1.807, 2.05) is 24.3 Å². The highest BCUT2D eigenvalue weighted by Crippen LogP contribution is 2.19. The molecule has 0 aliphatic rings. The largest absolute Gasteiger partial charge is 0.332 e. The summed E-state index contributed by atoms with van der Waals surface area (Å²) in [5.74, 6) is 0.871. The molecular weight excluding hydrogens is 242 g/mol. The first-order valence-corrected chi connectivity index (χ1v) is 5.76. The minimum atomic E-state index is 0.377. The zero-order valence-corrected chi connectivity index (χ0v) is 10.0. The molecule has 0 radical (unpaired) electrons. The summed E-state index contributed by atoms with van der Waals surface area (Å²) in [6.07, 6.45) is 5.07. The molecule has 0 spiro atoms. The molecule has 0 fully saturated rings. The van der Waals surface area contributed by atoms with E-state index in [-0.39, 0.29) is 0 Å². The number of nitrogens with two attached hydrogens (primary N) is 1. The fraction of sp³-hybridized carbons (Fsp3) is 0.0769. The number of nitrogens with zero attached hydrogens (tertiary/aromatic N) is 4. The van der Waals surface area contributed by atoms with Crippen molar-refractivity contribution in [1.82, 2.24) is 20.1 Å². The van der Waals surface area contributed by atoms with Crippen LogP contribution in [-0.4, -0.2) is 20.1 Å². The molecule has 3 aromatic heterocycles. The van der Waals surface area contributed by atoms with E-state index in [2.05, 4.69) is 20.1 Å². The van der Waals surface area contributed by atoms with Gasteiger partial charge < -0.3 is 10.3 Å². The second kappa shape index (κ2) is 4.95.